The lowest BCUT2D eigenvalue weighted by atomic mass is 9.89. The Kier molecular flexibility index (Phi) is 4.07. The van der Waals surface area contributed by atoms with E-state index in [0.717, 1.165) is 0 Å². The van der Waals surface area contributed by atoms with Crippen LogP contribution in [-0.2, 0) is 17.6 Å². The number of hydrogen-bond donors (Lipinski definition) is 1. The maximum absolute atomic E-state index is 5.45. The minimum atomic E-state index is 0.489. The summed E-state index contributed by atoms with van der Waals surface area (Å²) in [5.41, 5.74) is 4.56. The number of methoxy groups -OCH3 is 1. The van der Waals surface area contributed by atoms with Crippen molar-refractivity contribution in [2.45, 2.75) is 63.5 Å². The summed E-state index contributed by atoms with van der Waals surface area (Å²) in [7, 11) is 1.84. The zero-order valence-corrected chi connectivity index (χ0v) is 12.0. The highest BCUT2D eigenvalue weighted by Crippen LogP contribution is 2.30. The summed E-state index contributed by atoms with van der Waals surface area (Å²) in [5.74, 6) is 0. The first-order valence-electron chi connectivity index (χ1n) is 7.77. The van der Waals surface area contributed by atoms with Crippen LogP contribution in [0.25, 0.3) is 0 Å². The molecule has 1 saturated carbocycles. The van der Waals surface area contributed by atoms with Gasteiger partial charge in [-0.3, -0.25) is 0 Å². The minimum Gasteiger partial charge on any atom is -0.382 e. The third-order valence-electron chi connectivity index (χ3n) is 4.76. The summed E-state index contributed by atoms with van der Waals surface area (Å²) in [6.07, 6.45) is 10.6. The Hall–Kier alpha value is -1.02. The third-order valence-corrected chi connectivity index (χ3v) is 4.76. The van der Waals surface area contributed by atoms with E-state index in [2.05, 4.69) is 23.5 Å². The van der Waals surface area contributed by atoms with Crippen LogP contribution in [0.3, 0.4) is 0 Å². The van der Waals surface area contributed by atoms with Crippen molar-refractivity contribution < 1.29 is 4.74 Å². The van der Waals surface area contributed by atoms with E-state index in [1.165, 1.54) is 57.1 Å². The van der Waals surface area contributed by atoms with Gasteiger partial charge in [0.1, 0.15) is 0 Å². The van der Waals surface area contributed by atoms with Gasteiger partial charge in [0.25, 0.3) is 0 Å². The second-order valence-corrected chi connectivity index (χ2v) is 6.00. The van der Waals surface area contributed by atoms with Crippen LogP contribution in [0.1, 0.15) is 49.7 Å². The first-order chi connectivity index (χ1) is 9.36. The van der Waals surface area contributed by atoms with E-state index < -0.39 is 0 Å². The van der Waals surface area contributed by atoms with Crippen LogP contribution in [0.4, 0.5) is 5.69 Å². The fraction of sp³-hybridized carbons (Fsp3) is 0.647. The maximum atomic E-state index is 5.45. The third kappa shape index (κ3) is 2.94. The average molecular weight is 259 g/mol. The van der Waals surface area contributed by atoms with E-state index in [1.807, 2.05) is 7.11 Å². The number of benzene rings is 1. The number of aryl methyl sites for hydroxylation is 1. The van der Waals surface area contributed by atoms with Gasteiger partial charge in [-0.1, -0.05) is 12.1 Å². The predicted molar refractivity (Wildman–Crippen MR) is 79.8 cm³/mol. The number of rotatable bonds is 3. The summed E-state index contributed by atoms with van der Waals surface area (Å²) in [5, 5.41) is 3.80. The summed E-state index contributed by atoms with van der Waals surface area (Å²) >= 11 is 0. The van der Waals surface area contributed by atoms with Crippen LogP contribution < -0.4 is 5.32 Å². The Bertz CT molecular complexity index is 421. The molecule has 1 aromatic carbocycles. The molecule has 0 atom stereocenters. The molecule has 2 aliphatic rings. The largest absolute Gasteiger partial charge is 0.382 e. The van der Waals surface area contributed by atoms with Crippen LogP contribution in [0.5, 0.6) is 0 Å². The number of fused-ring (bicyclic) bond motifs is 1. The highest BCUT2D eigenvalue weighted by molar-refractivity contribution is 5.56. The lowest BCUT2D eigenvalue weighted by Gasteiger charge is -2.30. The van der Waals surface area contributed by atoms with Gasteiger partial charge in [0, 0.05) is 18.8 Å². The second kappa shape index (κ2) is 5.96. The van der Waals surface area contributed by atoms with Crippen molar-refractivity contribution in [1.29, 1.82) is 0 Å². The second-order valence-electron chi connectivity index (χ2n) is 6.00. The topological polar surface area (TPSA) is 21.3 Å². The van der Waals surface area contributed by atoms with E-state index in [9.17, 15) is 0 Å². The molecule has 0 radical (unpaired) electrons. The number of anilines is 1. The highest BCUT2D eigenvalue weighted by atomic mass is 16.5. The molecule has 0 unspecified atom stereocenters. The first-order valence-corrected chi connectivity index (χ1v) is 7.77. The van der Waals surface area contributed by atoms with Gasteiger partial charge in [0.15, 0.2) is 0 Å². The molecular formula is C17H25NO. The highest BCUT2D eigenvalue weighted by Gasteiger charge is 2.22. The molecule has 0 bridgehead atoms. The zero-order chi connectivity index (χ0) is 13.1. The van der Waals surface area contributed by atoms with Crippen LogP contribution in [-0.4, -0.2) is 19.3 Å². The van der Waals surface area contributed by atoms with E-state index in [0.29, 0.717) is 12.1 Å². The van der Waals surface area contributed by atoms with Gasteiger partial charge in [0.05, 0.1) is 6.10 Å². The van der Waals surface area contributed by atoms with E-state index in [-0.39, 0.29) is 0 Å². The summed E-state index contributed by atoms with van der Waals surface area (Å²) in [6.45, 7) is 0. The summed E-state index contributed by atoms with van der Waals surface area (Å²) < 4.78 is 5.45. The monoisotopic (exact) mass is 259 g/mol. The average Bonchev–Trinajstić information content (AvgIpc) is 2.48. The van der Waals surface area contributed by atoms with Crippen molar-refractivity contribution >= 4 is 5.69 Å². The van der Waals surface area contributed by atoms with Gasteiger partial charge in [-0.2, -0.15) is 0 Å². The number of hydrogen-bond acceptors (Lipinski definition) is 2. The molecule has 0 spiro atoms. The van der Waals surface area contributed by atoms with Crippen molar-refractivity contribution in [3.8, 4) is 0 Å². The molecule has 19 heavy (non-hydrogen) atoms. The molecule has 0 aliphatic heterocycles. The predicted octanol–water partition coefficient (Wildman–Crippen LogP) is 3.93. The van der Waals surface area contributed by atoms with Crippen LogP contribution in [0.15, 0.2) is 18.2 Å². The minimum absolute atomic E-state index is 0.489. The molecule has 104 valence electrons. The van der Waals surface area contributed by atoms with E-state index in [4.69, 9.17) is 4.74 Å². The standard InChI is InChI=1S/C17H25NO/c1-19-15-11-9-14(10-12-15)18-17-8-4-6-13-5-2-3-7-16(13)17/h4,6,8,14-15,18H,2-3,5,7,9-12H2,1H3. The Morgan fingerprint density at radius 3 is 2.63 bits per heavy atom. The molecule has 2 nitrogen and oxygen atoms in total. The van der Waals surface area contributed by atoms with Gasteiger partial charge >= 0.3 is 0 Å². The van der Waals surface area contributed by atoms with Gasteiger partial charge < -0.3 is 10.1 Å². The molecule has 0 aromatic heterocycles. The molecule has 0 heterocycles. The van der Waals surface area contributed by atoms with Gasteiger partial charge in [-0.05, 0) is 68.6 Å². The number of ether oxygens (including phenoxy) is 1. The van der Waals surface area contributed by atoms with Crippen molar-refractivity contribution in [3.63, 3.8) is 0 Å². The van der Waals surface area contributed by atoms with E-state index in [1.54, 1.807) is 11.1 Å². The van der Waals surface area contributed by atoms with Gasteiger partial charge in [-0.25, -0.2) is 0 Å². The molecule has 0 saturated heterocycles. The SMILES string of the molecule is COC1CCC(Nc2cccc3c2CCCC3)CC1. The lowest BCUT2D eigenvalue weighted by Crippen LogP contribution is -2.29. The Morgan fingerprint density at radius 1 is 1.05 bits per heavy atom. The Balaban J connectivity index is 1.67. The lowest BCUT2D eigenvalue weighted by molar-refractivity contribution is 0.0682. The smallest absolute Gasteiger partial charge is 0.0572 e. The molecule has 1 fully saturated rings. The summed E-state index contributed by atoms with van der Waals surface area (Å²) in [4.78, 5) is 0. The van der Waals surface area contributed by atoms with E-state index >= 15 is 0 Å². The molecule has 2 aliphatic carbocycles. The molecule has 0 amide bonds. The first kappa shape index (κ1) is 13.0. The van der Waals surface area contributed by atoms with Crippen molar-refractivity contribution in [2.75, 3.05) is 12.4 Å². The summed E-state index contributed by atoms with van der Waals surface area (Å²) in [6, 6.07) is 7.43. The molecular weight excluding hydrogens is 234 g/mol. The fourth-order valence-corrected chi connectivity index (χ4v) is 3.58. The van der Waals surface area contributed by atoms with Crippen molar-refractivity contribution in [1.82, 2.24) is 0 Å². The van der Waals surface area contributed by atoms with Crippen LogP contribution >= 0.6 is 0 Å². The zero-order valence-electron chi connectivity index (χ0n) is 12.0. The quantitative estimate of drug-likeness (QED) is 0.888. The van der Waals surface area contributed by atoms with Crippen molar-refractivity contribution in [2.24, 2.45) is 0 Å². The maximum Gasteiger partial charge on any atom is 0.0572 e. The van der Waals surface area contributed by atoms with Crippen molar-refractivity contribution in [3.05, 3.63) is 29.3 Å². The Morgan fingerprint density at radius 2 is 1.84 bits per heavy atom. The molecule has 2 heteroatoms. The van der Waals surface area contributed by atoms with Crippen LogP contribution in [0, 0.1) is 0 Å². The number of nitrogens with one attached hydrogen (secondary N) is 1. The molecule has 1 N–H and O–H groups in total. The molecule has 1 aromatic rings. The van der Waals surface area contributed by atoms with Gasteiger partial charge in [-0.15, -0.1) is 0 Å². The van der Waals surface area contributed by atoms with Crippen LogP contribution in [0.2, 0.25) is 0 Å². The Labute approximate surface area is 116 Å². The van der Waals surface area contributed by atoms with Gasteiger partial charge in [0.2, 0.25) is 0 Å². The molecule has 3 rings (SSSR count). The fourth-order valence-electron chi connectivity index (χ4n) is 3.58. The normalized spacial score (nSPS) is 26.8.